The largest absolute Gasteiger partial charge is 0.378 e. The van der Waals surface area contributed by atoms with Gasteiger partial charge in [-0.2, -0.15) is 15.0 Å². The zero-order valence-electron chi connectivity index (χ0n) is 12.7. The van der Waals surface area contributed by atoms with E-state index in [2.05, 4.69) is 24.9 Å². The summed E-state index contributed by atoms with van der Waals surface area (Å²) in [4.78, 5) is 30.0. The molecular weight excluding hydrogens is 274 g/mol. The molecule has 21 heavy (non-hydrogen) atoms. The molecule has 1 aromatic rings. The average Bonchev–Trinajstić information content (AvgIpc) is 2.44. The predicted molar refractivity (Wildman–Crippen MR) is 79.5 cm³/mol. The normalized spacial score (nSPS) is 11.6. The number of oxime groups is 1. The number of carbonyl (C=O) groups is 1. The Hall–Kier alpha value is -2.45. The first-order valence-corrected chi connectivity index (χ1v) is 6.70. The summed E-state index contributed by atoms with van der Waals surface area (Å²) >= 11 is 0. The van der Waals surface area contributed by atoms with Crippen molar-refractivity contribution in [2.24, 2.45) is 16.8 Å². The van der Waals surface area contributed by atoms with Gasteiger partial charge in [0.1, 0.15) is 0 Å². The Balaban J connectivity index is 3.01. The highest BCUT2D eigenvalue weighted by atomic mass is 16.7. The molecule has 0 bridgehead atoms. The monoisotopic (exact) mass is 295 g/mol. The lowest BCUT2D eigenvalue weighted by Gasteiger charge is -2.18. The summed E-state index contributed by atoms with van der Waals surface area (Å²) in [5.74, 6) is -0.446. The van der Waals surface area contributed by atoms with E-state index in [4.69, 9.17) is 11.5 Å². The summed E-state index contributed by atoms with van der Waals surface area (Å²) in [5.41, 5.74) is 11.4. The standard InChI is InChI=1S/C12H21N7O2/c1-5-19(6-2)12-16-9(15-11(14)17-12)8(13)18-21-10(20)7(3)4/h7H,5-6H2,1-4H3,(H2,13,18)(H2,14,15,16,17). The van der Waals surface area contributed by atoms with E-state index in [0.29, 0.717) is 19.0 Å². The summed E-state index contributed by atoms with van der Waals surface area (Å²) in [6.07, 6.45) is 0. The van der Waals surface area contributed by atoms with Crippen molar-refractivity contribution in [3.05, 3.63) is 5.82 Å². The molecule has 1 heterocycles. The third-order valence-electron chi connectivity index (χ3n) is 2.62. The van der Waals surface area contributed by atoms with Crippen LogP contribution in [0.4, 0.5) is 11.9 Å². The molecule has 0 spiro atoms. The molecule has 9 nitrogen and oxygen atoms in total. The highest BCUT2D eigenvalue weighted by molar-refractivity contribution is 5.94. The molecule has 0 radical (unpaired) electrons. The number of hydrogen-bond acceptors (Lipinski definition) is 8. The lowest BCUT2D eigenvalue weighted by Crippen LogP contribution is -2.27. The lowest BCUT2D eigenvalue weighted by molar-refractivity contribution is -0.147. The van der Waals surface area contributed by atoms with Crippen LogP contribution in [0.25, 0.3) is 0 Å². The van der Waals surface area contributed by atoms with Crippen LogP contribution in [0, 0.1) is 5.92 Å². The van der Waals surface area contributed by atoms with E-state index >= 15 is 0 Å². The molecule has 0 unspecified atom stereocenters. The van der Waals surface area contributed by atoms with E-state index in [-0.39, 0.29) is 23.5 Å². The van der Waals surface area contributed by atoms with Gasteiger partial charge in [0.15, 0.2) is 0 Å². The van der Waals surface area contributed by atoms with Crippen molar-refractivity contribution in [1.82, 2.24) is 15.0 Å². The van der Waals surface area contributed by atoms with Crippen LogP contribution in [0.3, 0.4) is 0 Å². The van der Waals surface area contributed by atoms with Crippen LogP contribution in [-0.2, 0) is 9.63 Å². The van der Waals surface area contributed by atoms with Crippen LogP contribution < -0.4 is 16.4 Å². The second kappa shape index (κ2) is 7.36. The topological polar surface area (TPSA) is 133 Å². The number of nitrogen functional groups attached to an aromatic ring is 1. The predicted octanol–water partition coefficient (Wildman–Crippen LogP) is 0.120. The fourth-order valence-corrected chi connectivity index (χ4v) is 1.38. The third kappa shape index (κ3) is 4.55. The summed E-state index contributed by atoms with van der Waals surface area (Å²) in [5, 5.41) is 3.53. The summed E-state index contributed by atoms with van der Waals surface area (Å²) in [6.45, 7) is 8.72. The first-order chi connectivity index (χ1) is 9.88. The van der Waals surface area contributed by atoms with E-state index < -0.39 is 5.97 Å². The van der Waals surface area contributed by atoms with Crippen molar-refractivity contribution in [1.29, 1.82) is 0 Å². The van der Waals surface area contributed by atoms with Crippen molar-refractivity contribution in [2.45, 2.75) is 27.7 Å². The van der Waals surface area contributed by atoms with Gasteiger partial charge in [0, 0.05) is 13.1 Å². The molecule has 0 fully saturated rings. The van der Waals surface area contributed by atoms with Gasteiger partial charge < -0.3 is 21.2 Å². The molecule has 0 aliphatic carbocycles. The van der Waals surface area contributed by atoms with Crippen LogP contribution >= 0.6 is 0 Å². The molecule has 0 aliphatic heterocycles. The molecule has 0 aliphatic rings. The van der Waals surface area contributed by atoms with Gasteiger partial charge in [0.05, 0.1) is 5.92 Å². The van der Waals surface area contributed by atoms with Gasteiger partial charge in [-0.05, 0) is 13.8 Å². The second-order valence-electron chi connectivity index (χ2n) is 4.53. The average molecular weight is 295 g/mol. The SMILES string of the molecule is CCN(CC)c1nc(N)nc(/C(N)=N/OC(=O)C(C)C)n1. The zero-order chi connectivity index (χ0) is 16.0. The smallest absolute Gasteiger partial charge is 0.337 e. The Morgan fingerprint density at radius 1 is 1.29 bits per heavy atom. The van der Waals surface area contributed by atoms with Crippen molar-refractivity contribution < 1.29 is 9.63 Å². The van der Waals surface area contributed by atoms with Gasteiger partial charge in [-0.15, -0.1) is 0 Å². The Morgan fingerprint density at radius 3 is 2.43 bits per heavy atom. The lowest BCUT2D eigenvalue weighted by atomic mass is 10.2. The van der Waals surface area contributed by atoms with Crippen molar-refractivity contribution in [2.75, 3.05) is 23.7 Å². The van der Waals surface area contributed by atoms with Crippen LogP contribution in [-0.4, -0.2) is 39.8 Å². The molecule has 0 saturated heterocycles. The number of aromatic nitrogens is 3. The first kappa shape index (κ1) is 16.6. The number of anilines is 2. The van der Waals surface area contributed by atoms with Gasteiger partial charge in [-0.1, -0.05) is 19.0 Å². The minimum absolute atomic E-state index is 0.0234. The van der Waals surface area contributed by atoms with Gasteiger partial charge >= 0.3 is 5.97 Å². The highest BCUT2D eigenvalue weighted by Crippen LogP contribution is 2.09. The molecule has 0 amide bonds. The Kier molecular flexibility index (Phi) is 5.82. The van der Waals surface area contributed by atoms with Crippen LogP contribution in [0.15, 0.2) is 5.16 Å². The fourth-order valence-electron chi connectivity index (χ4n) is 1.38. The first-order valence-electron chi connectivity index (χ1n) is 6.70. The van der Waals surface area contributed by atoms with Crippen molar-refractivity contribution in [3.8, 4) is 0 Å². The number of carbonyl (C=O) groups excluding carboxylic acids is 1. The quantitative estimate of drug-likeness (QED) is 0.327. The molecule has 4 N–H and O–H groups in total. The summed E-state index contributed by atoms with van der Waals surface area (Å²) in [7, 11) is 0. The Labute approximate surface area is 123 Å². The van der Waals surface area contributed by atoms with E-state index in [1.165, 1.54) is 0 Å². The number of rotatable bonds is 6. The van der Waals surface area contributed by atoms with E-state index in [9.17, 15) is 4.79 Å². The van der Waals surface area contributed by atoms with E-state index in [0.717, 1.165) is 0 Å². The summed E-state index contributed by atoms with van der Waals surface area (Å²) < 4.78 is 0. The Bertz CT molecular complexity index is 526. The Morgan fingerprint density at radius 2 is 1.90 bits per heavy atom. The summed E-state index contributed by atoms with van der Waals surface area (Å²) in [6, 6.07) is 0. The zero-order valence-corrected chi connectivity index (χ0v) is 12.7. The van der Waals surface area contributed by atoms with Crippen LogP contribution in [0.2, 0.25) is 0 Å². The van der Waals surface area contributed by atoms with E-state index in [1.807, 2.05) is 18.7 Å². The maximum Gasteiger partial charge on any atom is 0.337 e. The van der Waals surface area contributed by atoms with Gasteiger partial charge in [0.25, 0.3) is 0 Å². The maximum absolute atomic E-state index is 11.3. The molecule has 116 valence electrons. The van der Waals surface area contributed by atoms with Gasteiger partial charge in [0.2, 0.25) is 23.6 Å². The van der Waals surface area contributed by atoms with Gasteiger partial charge in [-0.25, -0.2) is 4.79 Å². The fraction of sp³-hybridized carbons (Fsp3) is 0.583. The second-order valence-corrected chi connectivity index (χ2v) is 4.53. The van der Waals surface area contributed by atoms with Crippen LogP contribution in [0.1, 0.15) is 33.5 Å². The number of nitrogens with zero attached hydrogens (tertiary/aromatic N) is 5. The van der Waals surface area contributed by atoms with Crippen molar-refractivity contribution >= 4 is 23.7 Å². The number of hydrogen-bond donors (Lipinski definition) is 2. The van der Waals surface area contributed by atoms with Crippen LogP contribution in [0.5, 0.6) is 0 Å². The number of amidine groups is 1. The van der Waals surface area contributed by atoms with E-state index in [1.54, 1.807) is 13.8 Å². The molecular formula is C12H21N7O2. The molecule has 1 rings (SSSR count). The number of nitrogens with two attached hydrogens (primary N) is 2. The molecule has 0 atom stereocenters. The highest BCUT2D eigenvalue weighted by Gasteiger charge is 2.14. The minimum Gasteiger partial charge on any atom is -0.378 e. The molecule has 0 aromatic carbocycles. The maximum atomic E-state index is 11.3. The minimum atomic E-state index is -0.496. The molecule has 1 aromatic heterocycles. The third-order valence-corrected chi connectivity index (χ3v) is 2.62. The molecule has 0 saturated carbocycles. The van der Waals surface area contributed by atoms with Crippen molar-refractivity contribution in [3.63, 3.8) is 0 Å². The van der Waals surface area contributed by atoms with Gasteiger partial charge in [-0.3, -0.25) is 0 Å². The molecule has 9 heteroatoms.